The Labute approximate surface area is 173 Å². The first-order chi connectivity index (χ1) is 14.2. The summed E-state index contributed by atoms with van der Waals surface area (Å²) in [7, 11) is 0. The number of nitrogens with one attached hydrogen (secondary N) is 1. The number of hydrogen-bond acceptors (Lipinski definition) is 3. The average Bonchev–Trinajstić information content (AvgIpc) is 3.40. The van der Waals surface area contributed by atoms with Crippen LogP contribution in [0.15, 0.2) is 79.1 Å². The molecule has 29 heavy (non-hydrogen) atoms. The Morgan fingerprint density at radius 1 is 0.966 bits per heavy atom. The van der Waals surface area contributed by atoms with E-state index in [1.54, 1.807) is 4.68 Å². The smallest absolute Gasteiger partial charge is 0.275 e. The highest BCUT2D eigenvalue weighted by molar-refractivity contribution is 6.31. The summed E-state index contributed by atoms with van der Waals surface area (Å²) in [6, 6.07) is 21.4. The van der Waals surface area contributed by atoms with E-state index in [1.807, 2.05) is 83.7 Å². The summed E-state index contributed by atoms with van der Waals surface area (Å²) in [6.45, 7) is 0.933. The lowest BCUT2D eigenvalue weighted by Crippen LogP contribution is -2.27. The number of benzene rings is 2. The predicted molar refractivity (Wildman–Crippen MR) is 112 cm³/mol. The van der Waals surface area contributed by atoms with Gasteiger partial charge in [0.15, 0.2) is 11.5 Å². The number of nitrogens with zero attached hydrogens (tertiary/aromatic N) is 4. The lowest BCUT2D eigenvalue weighted by molar-refractivity contribution is 0.0949. The minimum atomic E-state index is -0.255. The van der Waals surface area contributed by atoms with Gasteiger partial charge >= 0.3 is 0 Å². The zero-order chi connectivity index (χ0) is 20.1. The quantitative estimate of drug-likeness (QED) is 0.509. The number of rotatable bonds is 7. The number of aromatic nitrogens is 4. The SMILES string of the molecule is O=C(NCCc1ccccc1)c1nnn(Cc2ccccc2Cl)c1-n1cccc1. The summed E-state index contributed by atoms with van der Waals surface area (Å²) in [5.74, 6) is 0.349. The molecule has 0 aliphatic rings. The van der Waals surface area contributed by atoms with Gasteiger partial charge in [-0.25, -0.2) is 4.68 Å². The van der Waals surface area contributed by atoms with Crippen molar-refractivity contribution in [3.63, 3.8) is 0 Å². The predicted octanol–water partition coefficient (Wildman–Crippen LogP) is 3.74. The number of halogens is 1. The van der Waals surface area contributed by atoms with Gasteiger partial charge in [-0.2, -0.15) is 0 Å². The van der Waals surface area contributed by atoms with Crippen LogP contribution in [0.3, 0.4) is 0 Å². The fourth-order valence-electron chi connectivity index (χ4n) is 3.13. The molecule has 0 aliphatic carbocycles. The van der Waals surface area contributed by atoms with Gasteiger partial charge in [0.2, 0.25) is 0 Å². The molecule has 2 aromatic heterocycles. The third-order valence-electron chi connectivity index (χ3n) is 4.59. The summed E-state index contributed by atoms with van der Waals surface area (Å²) in [6.07, 6.45) is 4.48. The van der Waals surface area contributed by atoms with Gasteiger partial charge < -0.3 is 9.88 Å². The van der Waals surface area contributed by atoms with Gasteiger partial charge in [-0.15, -0.1) is 5.10 Å². The third kappa shape index (κ3) is 4.38. The highest BCUT2D eigenvalue weighted by Crippen LogP contribution is 2.19. The van der Waals surface area contributed by atoms with E-state index in [0.29, 0.717) is 23.9 Å². The molecule has 0 fully saturated rings. The molecule has 0 aliphatic heterocycles. The fraction of sp³-hybridized carbons (Fsp3) is 0.136. The van der Waals surface area contributed by atoms with Crippen molar-refractivity contribution in [2.24, 2.45) is 0 Å². The van der Waals surface area contributed by atoms with E-state index < -0.39 is 0 Å². The molecule has 0 saturated carbocycles. The maximum absolute atomic E-state index is 12.8. The molecule has 2 aromatic carbocycles. The van der Waals surface area contributed by atoms with E-state index in [4.69, 9.17) is 11.6 Å². The second-order valence-corrected chi connectivity index (χ2v) is 7.00. The van der Waals surface area contributed by atoms with Gasteiger partial charge in [-0.3, -0.25) is 4.79 Å². The largest absolute Gasteiger partial charge is 0.350 e. The van der Waals surface area contributed by atoms with Crippen molar-refractivity contribution in [1.82, 2.24) is 24.9 Å². The van der Waals surface area contributed by atoms with Crippen molar-refractivity contribution in [1.29, 1.82) is 0 Å². The van der Waals surface area contributed by atoms with Crippen LogP contribution in [0, 0.1) is 0 Å². The summed E-state index contributed by atoms with van der Waals surface area (Å²) in [5.41, 5.74) is 2.35. The second kappa shape index (κ2) is 8.75. The van der Waals surface area contributed by atoms with Gasteiger partial charge in [0.1, 0.15) is 0 Å². The van der Waals surface area contributed by atoms with E-state index >= 15 is 0 Å². The first-order valence-electron chi connectivity index (χ1n) is 9.35. The highest BCUT2D eigenvalue weighted by Gasteiger charge is 2.21. The van der Waals surface area contributed by atoms with Crippen LogP contribution in [0.25, 0.3) is 5.82 Å². The average molecular weight is 406 g/mol. The van der Waals surface area contributed by atoms with Gasteiger partial charge in [-0.05, 0) is 35.7 Å². The van der Waals surface area contributed by atoms with Gasteiger partial charge in [0.25, 0.3) is 5.91 Å². The van der Waals surface area contributed by atoms with Crippen molar-refractivity contribution in [3.05, 3.63) is 101 Å². The molecular weight excluding hydrogens is 386 g/mol. The van der Waals surface area contributed by atoms with Crippen molar-refractivity contribution in [2.75, 3.05) is 6.54 Å². The minimum absolute atomic E-state index is 0.255. The normalized spacial score (nSPS) is 10.8. The Morgan fingerprint density at radius 3 is 2.45 bits per heavy atom. The van der Waals surface area contributed by atoms with E-state index in [-0.39, 0.29) is 11.6 Å². The topological polar surface area (TPSA) is 64.7 Å². The Kier molecular flexibility index (Phi) is 5.72. The molecule has 0 unspecified atom stereocenters. The van der Waals surface area contributed by atoms with Crippen LogP contribution >= 0.6 is 11.6 Å². The zero-order valence-electron chi connectivity index (χ0n) is 15.7. The summed E-state index contributed by atoms with van der Waals surface area (Å²) < 4.78 is 3.52. The number of hydrogen-bond donors (Lipinski definition) is 1. The molecule has 1 N–H and O–H groups in total. The number of carbonyl (C=O) groups excluding carboxylic acids is 1. The summed E-state index contributed by atoms with van der Waals surface area (Å²) in [4.78, 5) is 12.8. The zero-order valence-corrected chi connectivity index (χ0v) is 16.5. The van der Waals surface area contributed by atoms with Crippen LogP contribution in [-0.2, 0) is 13.0 Å². The lowest BCUT2D eigenvalue weighted by Gasteiger charge is -2.10. The summed E-state index contributed by atoms with van der Waals surface area (Å²) in [5, 5.41) is 12.0. The molecule has 4 aromatic rings. The molecule has 0 saturated heterocycles. The van der Waals surface area contributed by atoms with Crippen LogP contribution in [0.1, 0.15) is 21.6 Å². The minimum Gasteiger partial charge on any atom is -0.350 e. The van der Waals surface area contributed by atoms with Crippen molar-refractivity contribution >= 4 is 17.5 Å². The Morgan fingerprint density at radius 2 is 1.69 bits per heavy atom. The highest BCUT2D eigenvalue weighted by atomic mass is 35.5. The molecule has 7 heteroatoms. The van der Waals surface area contributed by atoms with Gasteiger partial charge in [0.05, 0.1) is 6.54 Å². The lowest BCUT2D eigenvalue weighted by atomic mass is 10.1. The maximum atomic E-state index is 12.8. The Hall–Kier alpha value is -3.38. The van der Waals surface area contributed by atoms with Crippen LogP contribution in [-0.4, -0.2) is 32.0 Å². The molecule has 6 nitrogen and oxygen atoms in total. The van der Waals surface area contributed by atoms with Crippen molar-refractivity contribution in [3.8, 4) is 5.82 Å². The number of amides is 1. The molecule has 2 heterocycles. The third-order valence-corrected chi connectivity index (χ3v) is 4.96. The molecule has 0 atom stereocenters. The standard InChI is InChI=1S/C22H20ClN5O/c23-19-11-5-4-10-18(19)16-28-22(27-14-6-7-15-27)20(25-26-28)21(29)24-13-12-17-8-2-1-3-9-17/h1-11,14-15H,12-13,16H2,(H,24,29). The van der Waals surface area contributed by atoms with Crippen LogP contribution in [0.4, 0.5) is 0 Å². The summed E-state index contributed by atoms with van der Waals surface area (Å²) >= 11 is 6.30. The van der Waals surface area contributed by atoms with E-state index in [9.17, 15) is 4.79 Å². The first-order valence-corrected chi connectivity index (χ1v) is 9.72. The molecule has 146 valence electrons. The van der Waals surface area contributed by atoms with E-state index in [0.717, 1.165) is 12.0 Å². The molecule has 0 radical (unpaired) electrons. The number of carbonyl (C=O) groups is 1. The van der Waals surface area contributed by atoms with E-state index in [1.165, 1.54) is 5.56 Å². The van der Waals surface area contributed by atoms with Gasteiger partial charge in [0, 0.05) is 24.0 Å². The molecule has 0 spiro atoms. The molecule has 0 bridgehead atoms. The van der Waals surface area contributed by atoms with E-state index in [2.05, 4.69) is 15.6 Å². The van der Waals surface area contributed by atoms with Crippen molar-refractivity contribution in [2.45, 2.75) is 13.0 Å². The molecule has 1 amide bonds. The fourth-order valence-corrected chi connectivity index (χ4v) is 3.33. The molecule has 4 rings (SSSR count). The Balaban J connectivity index is 1.56. The van der Waals surface area contributed by atoms with Crippen LogP contribution in [0.5, 0.6) is 0 Å². The first kappa shape index (κ1) is 19.0. The van der Waals surface area contributed by atoms with Crippen molar-refractivity contribution < 1.29 is 4.79 Å². The monoisotopic (exact) mass is 405 g/mol. The maximum Gasteiger partial charge on any atom is 0.275 e. The van der Waals surface area contributed by atoms with Crippen LogP contribution < -0.4 is 5.32 Å². The molecular formula is C22H20ClN5O. The second-order valence-electron chi connectivity index (χ2n) is 6.59. The van der Waals surface area contributed by atoms with Crippen LogP contribution in [0.2, 0.25) is 5.02 Å². The van der Waals surface area contributed by atoms with Gasteiger partial charge in [-0.1, -0.05) is 65.3 Å². The Bertz CT molecular complexity index is 1090.